The minimum atomic E-state index is -1.49. The summed E-state index contributed by atoms with van der Waals surface area (Å²) in [5, 5.41) is 10.1. The summed E-state index contributed by atoms with van der Waals surface area (Å²) in [4.78, 5) is 0. The lowest BCUT2D eigenvalue weighted by Crippen LogP contribution is -2.18. The van der Waals surface area contributed by atoms with Gasteiger partial charge < -0.3 is 14.6 Å². The number of aliphatic hydroxyl groups is 1. The second kappa shape index (κ2) is 4.67. The van der Waals surface area contributed by atoms with Crippen LogP contribution in [0.3, 0.4) is 0 Å². The maximum absolute atomic E-state index is 14.4. The Labute approximate surface area is 113 Å². The number of alkyl halides is 1. The van der Waals surface area contributed by atoms with Gasteiger partial charge in [0, 0.05) is 6.42 Å². The molecule has 1 N–H and O–H groups in total. The van der Waals surface area contributed by atoms with E-state index in [1.165, 1.54) is 21.0 Å². The largest absolute Gasteiger partial charge is 0.493 e. The van der Waals surface area contributed by atoms with E-state index in [9.17, 15) is 9.50 Å². The van der Waals surface area contributed by atoms with Crippen LogP contribution in [0.25, 0.3) is 0 Å². The quantitative estimate of drug-likeness (QED) is 0.892. The smallest absolute Gasteiger partial charge is 0.161 e. The van der Waals surface area contributed by atoms with Gasteiger partial charge in [0.05, 0.1) is 19.8 Å². The summed E-state index contributed by atoms with van der Waals surface area (Å²) in [6.07, 6.45) is 2.00. The number of ether oxygens (including phenoxy) is 2. The lowest BCUT2D eigenvalue weighted by molar-refractivity contribution is 0.148. The maximum atomic E-state index is 14.4. The van der Waals surface area contributed by atoms with Gasteiger partial charge in [-0.05, 0) is 49.9 Å². The molecular weight excluding hydrogens is 247 g/mol. The first-order chi connectivity index (χ1) is 8.79. The summed E-state index contributed by atoms with van der Waals surface area (Å²) in [7, 11) is 3.08. The fourth-order valence-corrected chi connectivity index (χ4v) is 2.30. The number of rotatable bonds is 5. The Morgan fingerprint density at radius 1 is 1.21 bits per heavy atom. The SMILES string of the molecule is COc1cc(CC2(O)CC2)c(C(C)(C)F)cc1OC. The average molecular weight is 268 g/mol. The minimum absolute atomic E-state index is 0.454. The fraction of sp³-hybridized carbons (Fsp3) is 0.600. The molecule has 1 aliphatic carbocycles. The molecule has 0 bridgehead atoms. The van der Waals surface area contributed by atoms with Crippen molar-refractivity contribution in [2.45, 2.75) is 44.4 Å². The van der Waals surface area contributed by atoms with E-state index in [0.29, 0.717) is 23.5 Å². The van der Waals surface area contributed by atoms with E-state index >= 15 is 0 Å². The van der Waals surface area contributed by atoms with Gasteiger partial charge in [0.15, 0.2) is 11.5 Å². The zero-order valence-corrected chi connectivity index (χ0v) is 11.9. The Morgan fingerprint density at radius 3 is 2.16 bits per heavy atom. The van der Waals surface area contributed by atoms with Crippen LogP contribution in [0.5, 0.6) is 11.5 Å². The fourth-order valence-electron chi connectivity index (χ4n) is 2.30. The molecule has 0 heterocycles. The molecule has 0 atom stereocenters. The molecule has 1 fully saturated rings. The monoisotopic (exact) mass is 268 g/mol. The number of halogens is 1. The molecule has 19 heavy (non-hydrogen) atoms. The number of methoxy groups -OCH3 is 2. The van der Waals surface area contributed by atoms with Gasteiger partial charge in [-0.3, -0.25) is 0 Å². The van der Waals surface area contributed by atoms with Crippen molar-refractivity contribution in [3.05, 3.63) is 23.3 Å². The van der Waals surface area contributed by atoms with Crippen molar-refractivity contribution < 1.29 is 19.0 Å². The van der Waals surface area contributed by atoms with Crippen LogP contribution in [-0.4, -0.2) is 24.9 Å². The first kappa shape index (κ1) is 14.1. The van der Waals surface area contributed by atoms with Crippen molar-refractivity contribution in [2.75, 3.05) is 14.2 Å². The molecule has 0 saturated heterocycles. The zero-order valence-electron chi connectivity index (χ0n) is 11.9. The van der Waals surface area contributed by atoms with Gasteiger partial charge >= 0.3 is 0 Å². The number of benzene rings is 1. The van der Waals surface area contributed by atoms with Crippen LogP contribution in [-0.2, 0) is 12.1 Å². The normalized spacial score (nSPS) is 17.2. The molecule has 2 rings (SSSR count). The van der Waals surface area contributed by atoms with Gasteiger partial charge in [0.1, 0.15) is 5.67 Å². The van der Waals surface area contributed by atoms with Crippen molar-refractivity contribution in [2.24, 2.45) is 0 Å². The van der Waals surface area contributed by atoms with Gasteiger partial charge in [-0.1, -0.05) is 0 Å². The van der Waals surface area contributed by atoms with E-state index in [2.05, 4.69) is 0 Å². The van der Waals surface area contributed by atoms with Crippen LogP contribution in [0.4, 0.5) is 4.39 Å². The van der Waals surface area contributed by atoms with Crippen molar-refractivity contribution in [1.29, 1.82) is 0 Å². The van der Waals surface area contributed by atoms with Gasteiger partial charge in [-0.15, -0.1) is 0 Å². The van der Waals surface area contributed by atoms with Crippen molar-refractivity contribution >= 4 is 0 Å². The molecular formula is C15H21FO3. The van der Waals surface area contributed by atoms with Crippen LogP contribution in [0.2, 0.25) is 0 Å². The van der Waals surface area contributed by atoms with Gasteiger partial charge in [0.2, 0.25) is 0 Å². The highest BCUT2D eigenvalue weighted by molar-refractivity contribution is 5.49. The molecule has 4 heteroatoms. The summed E-state index contributed by atoms with van der Waals surface area (Å²) in [6, 6.07) is 3.44. The lowest BCUT2D eigenvalue weighted by Gasteiger charge is -2.23. The van der Waals surface area contributed by atoms with Gasteiger partial charge in [-0.2, -0.15) is 0 Å². The predicted octanol–water partition coefficient (Wildman–Crippen LogP) is 2.98. The number of hydrogen-bond acceptors (Lipinski definition) is 3. The van der Waals surface area contributed by atoms with Crippen LogP contribution in [0.1, 0.15) is 37.8 Å². The first-order valence-corrected chi connectivity index (χ1v) is 6.46. The highest BCUT2D eigenvalue weighted by atomic mass is 19.1. The molecule has 0 amide bonds. The third-order valence-electron chi connectivity index (χ3n) is 3.60. The maximum Gasteiger partial charge on any atom is 0.161 e. The Morgan fingerprint density at radius 2 is 1.74 bits per heavy atom. The molecule has 1 aliphatic rings. The molecule has 0 unspecified atom stereocenters. The molecule has 1 saturated carbocycles. The Hall–Kier alpha value is -1.29. The zero-order chi connectivity index (χ0) is 14.3. The lowest BCUT2D eigenvalue weighted by atomic mass is 9.90. The van der Waals surface area contributed by atoms with E-state index in [1.54, 1.807) is 19.2 Å². The van der Waals surface area contributed by atoms with E-state index in [1.807, 2.05) is 0 Å². The molecule has 0 aliphatic heterocycles. The molecule has 0 spiro atoms. The second-order valence-electron chi connectivity index (χ2n) is 5.74. The summed E-state index contributed by atoms with van der Waals surface area (Å²) >= 11 is 0. The number of hydrogen-bond donors (Lipinski definition) is 1. The topological polar surface area (TPSA) is 38.7 Å². The van der Waals surface area contributed by atoms with Crippen LogP contribution in [0, 0.1) is 0 Å². The second-order valence-corrected chi connectivity index (χ2v) is 5.74. The van der Waals surface area contributed by atoms with E-state index in [-0.39, 0.29) is 0 Å². The van der Waals surface area contributed by atoms with Crippen LogP contribution < -0.4 is 9.47 Å². The van der Waals surface area contributed by atoms with Crippen LogP contribution >= 0.6 is 0 Å². The molecule has 106 valence electrons. The summed E-state index contributed by atoms with van der Waals surface area (Å²) in [5.74, 6) is 1.07. The van der Waals surface area contributed by atoms with Crippen molar-refractivity contribution in [3.63, 3.8) is 0 Å². The van der Waals surface area contributed by atoms with E-state index < -0.39 is 11.3 Å². The summed E-state index contributed by atoms with van der Waals surface area (Å²) in [6.45, 7) is 3.02. The molecule has 3 nitrogen and oxygen atoms in total. The Kier molecular flexibility index (Phi) is 3.47. The third-order valence-corrected chi connectivity index (χ3v) is 3.60. The average Bonchev–Trinajstić information content (AvgIpc) is 3.04. The van der Waals surface area contributed by atoms with E-state index in [4.69, 9.17) is 9.47 Å². The molecule has 0 radical (unpaired) electrons. The van der Waals surface area contributed by atoms with E-state index in [0.717, 1.165) is 18.4 Å². The Bertz CT molecular complexity index is 473. The first-order valence-electron chi connectivity index (χ1n) is 6.46. The molecule has 0 aromatic heterocycles. The van der Waals surface area contributed by atoms with Gasteiger partial charge in [0.25, 0.3) is 0 Å². The van der Waals surface area contributed by atoms with Crippen molar-refractivity contribution in [3.8, 4) is 11.5 Å². The third kappa shape index (κ3) is 3.00. The van der Waals surface area contributed by atoms with Gasteiger partial charge in [-0.25, -0.2) is 4.39 Å². The highest BCUT2D eigenvalue weighted by Gasteiger charge is 2.41. The standard InChI is InChI=1S/C15H21FO3/c1-14(2,16)11-8-13(19-4)12(18-3)7-10(11)9-15(17)5-6-15/h7-8,17H,5-6,9H2,1-4H3. The van der Waals surface area contributed by atoms with Crippen LogP contribution in [0.15, 0.2) is 12.1 Å². The molecule has 1 aromatic carbocycles. The van der Waals surface area contributed by atoms with Crippen molar-refractivity contribution in [1.82, 2.24) is 0 Å². The minimum Gasteiger partial charge on any atom is -0.493 e. The highest BCUT2D eigenvalue weighted by Crippen LogP contribution is 2.43. The summed E-state index contributed by atoms with van der Waals surface area (Å²) < 4.78 is 24.8. The Balaban J connectivity index is 2.48. The molecule has 1 aromatic rings. The summed E-state index contributed by atoms with van der Waals surface area (Å²) in [5.41, 5.74) is -0.824. The predicted molar refractivity (Wildman–Crippen MR) is 71.6 cm³/mol.